The lowest BCUT2D eigenvalue weighted by Crippen LogP contribution is -3.00. The van der Waals surface area contributed by atoms with Crippen LogP contribution in [-0.4, -0.2) is 184 Å². The standard InChI is InChI=1S/C31H31NO14.C27H29NO11.ClH/c1-12-26(38)15(32-19(35)6-7-20(36)37)8-21(45-12)46-17-10-31(43,18(34)11-33)9-14-23(17)30(42)25-24(28(14)40)27(39)13-4-3-5-16(44-2)22(13)29(25)41;1-10-22(31)13(28)6-17(38-10)39-15-8-27(36,16(30)9-29)7-12-19(15)26(35)21-20(24(12)33)23(32)11-4-3-5-14(37-2)18(11)25(21)34;/h3-5,8,12,15,17,26,33,38,40,42-43H,6-7,9-11H2,1-2H3,(H,32,35)(H,36,37);3-5,10,13,15,17,22,29,31,33,35-36H,6-9,28H2,1-2H3;1H/t12?,15-,17+,26-,31+;10?,13-,15+,17+,22-,27+;/m11./s1. The van der Waals surface area contributed by atoms with Crippen molar-refractivity contribution < 1.29 is 141 Å². The number of hydrogen-bond acceptors (Lipinski definition) is 24. The van der Waals surface area contributed by atoms with Gasteiger partial charge >= 0.3 is 5.97 Å². The first-order valence-electron chi connectivity index (χ1n) is 26.7. The van der Waals surface area contributed by atoms with Gasteiger partial charge in [-0.3, -0.25) is 38.4 Å². The lowest BCUT2D eigenvalue weighted by molar-refractivity contribution is -0.466. The van der Waals surface area contributed by atoms with Crippen LogP contribution in [0, 0.1) is 0 Å². The van der Waals surface area contributed by atoms with Gasteiger partial charge in [0.1, 0.15) is 89.4 Å². The molecule has 15 N–H and O–H groups in total. The van der Waals surface area contributed by atoms with Crippen molar-refractivity contribution in [3.63, 3.8) is 0 Å². The summed E-state index contributed by atoms with van der Waals surface area (Å²) in [5.74, 6) is -10.2. The molecule has 10 rings (SSSR count). The molecule has 4 aliphatic carbocycles. The summed E-state index contributed by atoms with van der Waals surface area (Å²) in [4.78, 5) is 103. The summed E-state index contributed by atoms with van der Waals surface area (Å²) < 4.78 is 33.9. The highest BCUT2D eigenvalue weighted by atomic mass is 35.5. The number of ketones is 6. The highest BCUT2D eigenvalue weighted by Gasteiger charge is 2.53. The maximum atomic E-state index is 13.8. The van der Waals surface area contributed by atoms with Crippen molar-refractivity contribution in [3.05, 3.63) is 115 Å². The Labute approximate surface area is 493 Å². The van der Waals surface area contributed by atoms with Gasteiger partial charge in [-0.2, -0.15) is 0 Å². The largest absolute Gasteiger partial charge is 1.00 e. The molecule has 11 atom stereocenters. The van der Waals surface area contributed by atoms with Crippen LogP contribution in [0.3, 0.4) is 0 Å². The van der Waals surface area contributed by atoms with Crippen LogP contribution in [0.15, 0.2) is 48.4 Å². The van der Waals surface area contributed by atoms with E-state index in [2.05, 4.69) is 11.1 Å². The summed E-state index contributed by atoms with van der Waals surface area (Å²) in [6, 6.07) is 7.00. The van der Waals surface area contributed by atoms with Crippen LogP contribution >= 0.6 is 0 Å². The number of aliphatic hydroxyl groups is 6. The fraction of sp³-hybridized carbons (Fsp3) is 0.414. The van der Waals surface area contributed by atoms with E-state index in [0.29, 0.717) is 0 Å². The van der Waals surface area contributed by atoms with Gasteiger partial charge in [-0.15, -0.1) is 0 Å². The Morgan fingerprint density at radius 1 is 0.663 bits per heavy atom. The van der Waals surface area contributed by atoms with Gasteiger partial charge in [-0.05, 0) is 26.0 Å². The molecule has 4 aromatic carbocycles. The lowest BCUT2D eigenvalue weighted by atomic mass is 9.72. The van der Waals surface area contributed by atoms with Crippen LogP contribution in [0.4, 0.5) is 0 Å². The second-order valence-corrected chi connectivity index (χ2v) is 21.5. The Morgan fingerprint density at radius 3 is 1.58 bits per heavy atom. The van der Waals surface area contributed by atoms with E-state index in [4.69, 9.17) is 33.5 Å². The molecule has 460 valence electrons. The number of amides is 1. The van der Waals surface area contributed by atoms with Crippen molar-refractivity contribution in [1.82, 2.24) is 5.32 Å². The van der Waals surface area contributed by atoms with Crippen molar-refractivity contribution in [2.75, 3.05) is 27.4 Å². The first-order chi connectivity index (χ1) is 40.1. The molecular weight excluding hydrogens is 1160 g/mol. The van der Waals surface area contributed by atoms with Crippen molar-refractivity contribution in [2.45, 2.75) is 125 Å². The zero-order chi connectivity index (χ0) is 62.0. The number of nitrogens with one attached hydrogen (secondary N) is 1. The summed E-state index contributed by atoms with van der Waals surface area (Å²) in [5.41, 5.74) is -3.95. The van der Waals surface area contributed by atoms with E-state index in [0.717, 1.165) is 6.08 Å². The van der Waals surface area contributed by atoms with Crippen LogP contribution in [0.5, 0.6) is 34.5 Å². The number of fused-ring (bicyclic) bond motifs is 6. The molecule has 0 spiro atoms. The Morgan fingerprint density at radius 2 is 1.13 bits per heavy atom. The third-order valence-corrected chi connectivity index (χ3v) is 16.2. The molecule has 0 saturated carbocycles. The monoisotopic (exact) mass is 1220 g/mol. The zero-order valence-electron chi connectivity index (χ0n) is 46.3. The average Bonchev–Trinajstić information content (AvgIpc) is 0.731. The summed E-state index contributed by atoms with van der Waals surface area (Å²) >= 11 is 0. The van der Waals surface area contributed by atoms with Gasteiger partial charge in [0.15, 0.2) is 29.4 Å². The molecular formula is C58H61ClN2O25. The van der Waals surface area contributed by atoms with Crippen LogP contribution in [0.1, 0.15) is 144 Å². The highest BCUT2D eigenvalue weighted by molar-refractivity contribution is 6.32. The molecule has 2 heterocycles. The number of Topliss-reactive ketones (excluding diaryl/α,β-unsaturated/α-hetero) is 2. The number of aromatic hydroxyl groups is 4. The normalized spacial score (nSPS) is 26.8. The summed E-state index contributed by atoms with van der Waals surface area (Å²) in [7, 11) is 2.61. The highest BCUT2D eigenvalue weighted by Crippen LogP contribution is 2.55. The number of halogens is 1. The van der Waals surface area contributed by atoms with Crippen molar-refractivity contribution in [3.8, 4) is 34.5 Å². The maximum absolute atomic E-state index is 13.8. The van der Waals surface area contributed by atoms with Gasteiger partial charge in [0.25, 0.3) is 5.95 Å². The third-order valence-electron chi connectivity index (χ3n) is 16.2. The molecule has 2 aliphatic heterocycles. The number of phenols is 4. The number of carbonyl (C=O) groups excluding carboxylic acids is 7. The van der Waals surface area contributed by atoms with E-state index in [1.807, 2.05) is 0 Å². The number of aliphatic carboxylic acids is 1. The smallest absolute Gasteiger partial charge is 0.303 e. The van der Waals surface area contributed by atoms with Crippen molar-refractivity contribution >= 4 is 46.6 Å². The molecule has 86 heavy (non-hydrogen) atoms. The number of carbonyl (C=O) groups is 8. The molecule has 28 heteroatoms. The number of carboxylic acid groups (broad SMARTS) is 1. The van der Waals surface area contributed by atoms with E-state index in [-0.39, 0.29) is 87.2 Å². The topological polar surface area (TPSA) is 454 Å². The van der Waals surface area contributed by atoms with Crippen LogP contribution in [0.2, 0.25) is 0 Å². The number of quaternary nitrogens is 1. The fourth-order valence-electron chi connectivity index (χ4n) is 11.8. The molecule has 0 radical (unpaired) electrons. The second kappa shape index (κ2) is 24.3. The number of methoxy groups -OCH3 is 2. The predicted molar refractivity (Wildman–Crippen MR) is 283 cm³/mol. The Hall–Kier alpha value is -8.09. The minimum Gasteiger partial charge on any atom is -1.00 e. The van der Waals surface area contributed by atoms with Gasteiger partial charge in [0.05, 0.1) is 78.7 Å². The minimum atomic E-state index is -2.38. The number of aliphatic hydroxyl groups excluding tert-OH is 4. The molecule has 6 aliphatic rings. The molecule has 2 unspecified atom stereocenters. The fourth-order valence-corrected chi connectivity index (χ4v) is 11.8. The molecule has 4 aromatic rings. The van der Waals surface area contributed by atoms with Crippen LogP contribution in [0.25, 0.3) is 0 Å². The predicted octanol–water partition coefficient (Wildman–Crippen LogP) is -3.56. The Balaban J connectivity index is 0.000000224. The molecule has 0 aromatic heterocycles. The van der Waals surface area contributed by atoms with Crippen LogP contribution in [-0.2, 0) is 51.0 Å². The third kappa shape index (κ3) is 11.0. The van der Waals surface area contributed by atoms with Crippen LogP contribution < -0.4 is 32.9 Å². The van der Waals surface area contributed by atoms with Gasteiger partial charge in [-0.25, -0.2) is 0 Å². The molecule has 0 bridgehead atoms. The first-order valence-corrected chi connectivity index (χ1v) is 26.7. The molecule has 1 fully saturated rings. The van der Waals surface area contributed by atoms with Gasteiger partial charge < -0.3 is 108 Å². The number of benzene rings is 4. The van der Waals surface area contributed by atoms with E-state index < -0.39 is 203 Å². The first kappa shape index (κ1) is 63.9. The summed E-state index contributed by atoms with van der Waals surface area (Å²) in [5, 5.41) is 120. The summed E-state index contributed by atoms with van der Waals surface area (Å²) in [6.07, 6.45) is -9.59. The number of hydrogen-bond donors (Lipinski definition) is 13. The number of rotatable bonds is 14. The number of carboxylic acids is 1. The van der Waals surface area contributed by atoms with Crippen molar-refractivity contribution in [2.24, 2.45) is 0 Å². The number of phenolic OH excluding ortho intramolecular Hbond substituents is 4. The van der Waals surface area contributed by atoms with E-state index in [9.17, 15) is 89.4 Å². The SMILES string of the molecule is COc1cccc2c1C(=O)c1c(O)c3c(c(O)c1C2=O)C[C@@](O)(C(=O)CO)C[C@@H]3OC1=C[C@@H](NC(=O)CCC(=O)O)[C@H](O)C(C)O1.COc1cccc2c1C(=O)c1c(O)c3c(c(O)c1C2=O)C[C@@](O)(C(=O)CO)C[C@@H]3O[C@H]1C[C@@H]([NH3+])[C@H](O)C(C)O1.[Cl-]. The van der Waals surface area contributed by atoms with E-state index in [1.54, 1.807) is 6.92 Å². The molecule has 1 amide bonds. The Kier molecular flexibility index (Phi) is 18.1. The summed E-state index contributed by atoms with van der Waals surface area (Å²) in [6.45, 7) is 0.943. The second-order valence-electron chi connectivity index (χ2n) is 21.5. The van der Waals surface area contributed by atoms with Gasteiger partial charge in [0.2, 0.25) is 17.5 Å². The number of ether oxygens (including phenoxy) is 6. The average molecular weight is 1220 g/mol. The zero-order valence-corrected chi connectivity index (χ0v) is 47.1. The molecule has 27 nitrogen and oxygen atoms in total. The molecule has 1 saturated heterocycles. The van der Waals surface area contributed by atoms with E-state index >= 15 is 0 Å². The minimum absolute atomic E-state index is 0. The lowest BCUT2D eigenvalue weighted by Gasteiger charge is -2.41. The maximum Gasteiger partial charge on any atom is 0.303 e. The quantitative estimate of drug-likeness (QED) is 0.0469. The Bertz CT molecular complexity index is 3530. The van der Waals surface area contributed by atoms with Gasteiger partial charge in [-0.1, -0.05) is 24.3 Å². The van der Waals surface area contributed by atoms with Crippen molar-refractivity contribution in [1.29, 1.82) is 0 Å². The van der Waals surface area contributed by atoms with Gasteiger partial charge in [0, 0.05) is 71.6 Å². The van der Waals surface area contributed by atoms with E-state index in [1.165, 1.54) is 57.5 Å².